The maximum atomic E-state index is 12.1. The Hall–Kier alpha value is -1.79. The van der Waals surface area contributed by atoms with Crippen LogP contribution < -0.4 is 10.2 Å². The summed E-state index contributed by atoms with van der Waals surface area (Å²) < 4.78 is 0. The van der Waals surface area contributed by atoms with Gasteiger partial charge in [-0.2, -0.15) is 0 Å². The fraction of sp³-hybridized carbons (Fsp3) is 0.476. The van der Waals surface area contributed by atoms with Gasteiger partial charge in [0.2, 0.25) is 5.91 Å². The second kappa shape index (κ2) is 10.1. The molecule has 1 aliphatic rings. The Bertz CT molecular complexity index is 776. The van der Waals surface area contributed by atoms with E-state index in [2.05, 4.69) is 34.0 Å². The quantitative estimate of drug-likeness (QED) is 0.542. The Morgan fingerprint density at radius 2 is 1.93 bits per heavy atom. The Morgan fingerprint density at radius 3 is 2.64 bits per heavy atom. The number of nitrogens with zero attached hydrogens (tertiary/aromatic N) is 3. The van der Waals surface area contributed by atoms with Gasteiger partial charge >= 0.3 is 0 Å². The molecule has 1 aromatic carbocycles. The molecular formula is C21H27ClN4OS. The molecule has 5 nitrogen and oxygen atoms in total. The number of piperidine rings is 1. The summed E-state index contributed by atoms with van der Waals surface area (Å²) in [5.74, 6) is 2.60. The molecule has 1 saturated heterocycles. The second-order valence-corrected chi connectivity index (χ2v) is 8.94. The molecule has 1 aromatic heterocycles. The first-order valence-corrected chi connectivity index (χ1v) is 11.1. The van der Waals surface area contributed by atoms with E-state index in [1.807, 2.05) is 30.3 Å². The van der Waals surface area contributed by atoms with Crippen LogP contribution >= 0.6 is 23.4 Å². The first-order valence-electron chi connectivity index (χ1n) is 9.71. The molecule has 150 valence electrons. The molecule has 1 fully saturated rings. The molecular weight excluding hydrogens is 392 g/mol. The van der Waals surface area contributed by atoms with Crippen LogP contribution in [0.15, 0.2) is 41.7 Å². The zero-order chi connectivity index (χ0) is 19.9. The summed E-state index contributed by atoms with van der Waals surface area (Å²) in [5, 5.41) is 4.32. The number of aromatic nitrogens is 2. The van der Waals surface area contributed by atoms with E-state index in [4.69, 9.17) is 11.6 Å². The van der Waals surface area contributed by atoms with Crippen molar-refractivity contribution in [1.82, 2.24) is 15.3 Å². The molecule has 0 radical (unpaired) electrons. The van der Waals surface area contributed by atoms with Crippen LogP contribution in [0, 0.1) is 11.8 Å². The number of rotatable bonds is 7. The van der Waals surface area contributed by atoms with Gasteiger partial charge in [0.25, 0.3) is 0 Å². The fourth-order valence-electron chi connectivity index (χ4n) is 3.61. The first kappa shape index (κ1) is 20.9. The van der Waals surface area contributed by atoms with Gasteiger partial charge in [-0.3, -0.25) is 4.79 Å². The van der Waals surface area contributed by atoms with Gasteiger partial charge in [0, 0.05) is 30.9 Å². The van der Waals surface area contributed by atoms with Crippen molar-refractivity contribution in [3.8, 4) is 0 Å². The highest BCUT2D eigenvalue weighted by Gasteiger charge is 2.23. The van der Waals surface area contributed by atoms with Gasteiger partial charge < -0.3 is 10.2 Å². The first-order chi connectivity index (χ1) is 13.5. The van der Waals surface area contributed by atoms with E-state index >= 15 is 0 Å². The third-order valence-electron chi connectivity index (χ3n) is 4.79. The minimum Gasteiger partial charge on any atom is -0.356 e. The number of anilines is 1. The lowest BCUT2D eigenvalue weighted by Crippen LogP contribution is -2.39. The number of benzene rings is 1. The van der Waals surface area contributed by atoms with E-state index in [-0.39, 0.29) is 5.91 Å². The SMILES string of the molecule is C[C@H]1C[C@H](C)CN(c2ccnc(SCC(=O)NCCc3ccc(Cl)cc3)n2)C1. The largest absolute Gasteiger partial charge is 0.356 e. The summed E-state index contributed by atoms with van der Waals surface area (Å²) >= 11 is 7.26. The lowest BCUT2D eigenvalue weighted by Gasteiger charge is -2.35. The van der Waals surface area contributed by atoms with Gasteiger partial charge in [-0.15, -0.1) is 0 Å². The summed E-state index contributed by atoms with van der Waals surface area (Å²) in [6.45, 7) is 7.22. The molecule has 2 heterocycles. The van der Waals surface area contributed by atoms with Crippen LogP contribution in [0.3, 0.4) is 0 Å². The predicted octanol–water partition coefficient (Wildman–Crippen LogP) is 4.06. The summed E-state index contributed by atoms with van der Waals surface area (Å²) in [4.78, 5) is 23.4. The molecule has 1 amide bonds. The Kier molecular flexibility index (Phi) is 7.57. The predicted molar refractivity (Wildman–Crippen MR) is 116 cm³/mol. The zero-order valence-electron chi connectivity index (χ0n) is 16.4. The van der Waals surface area contributed by atoms with Crippen LogP contribution in [0.1, 0.15) is 25.8 Å². The third kappa shape index (κ3) is 6.38. The average Bonchev–Trinajstić information content (AvgIpc) is 2.67. The highest BCUT2D eigenvalue weighted by molar-refractivity contribution is 7.99. The topological polar surface area (TPSA) is 58.1 Å². The van der Waals surface area contributed by atoms with Crippen LogP contribution in [-0.4, -0.2) is 41.3 Å². The molecule has 0 aliphatic carbocycles. The number of nitrogens with one attached hydrogen (secondary N) is 1. The van der Waals surface area contributed by atoms with E-state index < -0.39 is 0 Å². The van der Waals surface area contributed by atoms with Crippen molar-refractivity contribution in [2.45, 2.75) is 31.8 Å². The normalized spacial score (nSPS) is 19.5. The van der Waals surface area contributed by atoms with Crippen molar-refractivity contribution in [3.05, 3.63) is 47.1 Å². The van der Waals surface area contributed by atoms with Crippen LogP contribution in [-0.2, 0) is 11.2 Å². The number of hydrogen-bond donors (Lipinski definition) is 1. The summed E-state index contributed by atoms with van der Waals surface area (Å²) in [7, 11) is 0. The molecule has 0 bridgehead atoms. The van der Waals surface area contributed by atoms with E-state index in [1.165, 1.54) is 18.2 Å². The molecule has 0 saturated carbocycles. The lowest BCUT2D eigenvalue weighted by molar-refractivity contribution is -0.118. The Morgan fingerprint density at radius 1 is 1.21 bits per heavy atom. The van der Waals surface area contributed by atoms with Crippen molar-refractivity contribution >= 4 is 35.1 Å². The molecule has 1 aliphatic heterocycles. The number of thioether (sulfide) groups is 1. The summed E-state index contributed by atoms with van der Waals surface area (Å²) in [6.07, 6.45) is 3.83. The van der Waals surface area contributed by atoms with Gasteiger partial charge in [-0.1, -0.05) is 49.3 Å². The molecule has 2 atom stereocenters. The minimum atomic E-state index is -0.00631. The fourth-order valence-corrected chi connectivity index (χ4v) is 4.39. The standard InChI is InChI=1S/C21H27ClN4OS/c1-15-11-16(2)13-26(12-15)19-8-10-24-21(25-19)28-14-20(27)23-9-7-17-3-5-18(22)6-4-17/h3-6,8,10,15-16H,7,9,11-14H2,1-2H3,(H,23,27)/t15-,16-/m0/s1. The number of carbonyl (C=O) groups excluding carboxylic acids is 1. The van der Waals surface area contributed by atoms with Crippen molar-refractivity contribution < 1.29 is 4.79 Å². The minimum absolute atomic E-state index is 0.00631. The van der Waals surface area contributed by atoms with Gasteiger partial charge in [-0.05, 0) is 48.4 Å². The molecule has 28 heavy (non-hydrogen) atoms. The van der Waals surface area contributed by atoms with E-state index in [9.17, 15) is 4.79 Å². The highest BCUT2D eigenvalue weighted by atomic mass is 35.5. The van der Waals surface area contributed by atoms with Gasteiger partial charge in [0.15, 0.2) is 5.16 Å². The maximum Gasteiger partial charge on any atom is 0.230 e. The number of carbonyl (C=O) groups is 1. The highest BCUT2D eigenvalue weighted by Crippen LogP contribution is 2.26. The van der Waals surface area contributed by atoms with E-state index in [0.29, 0.717) is 29.3 Å². The van der Waals surface area contributed by atoms with Crippen molar-refractivity contribution in [2.75, 3.05) is 30.3 Å². The molecule has 2 aromatic rings. The smallest absolute Gasteiger partial charge is 0.230 e. The van der Waals surface area contributed by atoms with Gasteiger partial charge in [0.05, 0.1) is 5.75 Å². The second-order valence-electron chi connectivity index (χ2n) is 7.56. The number of amides is 1. The Labute approximate surface area is 176 Å². The van der Waals surface area contributed by atoms with Gasteiger partial charge in [-0.25, -0.2) is 9.97 Å². The van der Waals surface area contributed by atoms with Crippen LogP contribution in [0.2, 0.25) is 5.02 Å². The zero-order valence-corrected chi connectivity index (χ0v) is 18.0. The maximum absolute atomic E-state index is 12.1. The van der Waals surface area contributed by atoms with Crippen molar-refractivity contribution in [3.63, 3.8) is 0 Å². The van der Waals surface area contributed by atoms with Gasteiger partial charge in [0.1, 0.15) is 5.82 Å². The molecule has 3 rings (SSSR count). The monoisotopic (exact) mass is 418 g/mol. The van der Waals surface area contributed by atoms with Crippen molar-refractivity contribution in [2.24, 2.45) is 11.8 Å². The van der Waals surface area contributed by atoms with Crippen LogP contribution in [0.4, 0.5) is 5.82 Å². The third-order valence-corrected chi connectivity index (χ3v) is 5.91. The molecule has 7 heteroatoms. The van der Waals surface area contributed by atoms with Crippen LogP contribution in [0.5, 0.6) is 0 Å². The number of halogens is 1. The molecule has 0 spiro atoms. The summed E-state index contributed by atoms with van der Waals surface area (Å²) in [6, 6.07) is 9.64. The lowest BCUT2D eigenvalue weighted by atomic mass is 9.92. The average molecular weight is 419 g/mol. The molecule has 1 N–H and O–H groups in total. The van der Waals surface area contributed by atoms with E-state index in [1.54, 1.807) is 6.20 Å². The molecule has 0 unspecified atom stereocenters. The number of hydrogen-bond acceptors (Lipinski definition) is 5. The summed E-state index contributed by atoms with van der Waals surface area (Å²) in [5.41, 5.74) is 1.15. The van der Waals surface area contributed by atoms with Crippen molar-refractivity contribution in [1.29, 1.82) is 0 Å². The Balaban J connectivity index is 1.45. The van der Waals surface area contributed by atoms with E-state index in [0.717, 1.165) is 35.9 Å². The van der Waals surface area contributed by atoms with Crippen LogP contribution in [0.25, 0.3) is 0 Å².